The predicted molar refractivity (Wildman–Crippen MR) is 138 cm³/mol. The first kappa shape index (κ1) is 26.0. The molecule has 190 valence electrons. The lowest BCUT2D eigenvalue weighted by molar-refractivity contribution is -0.137. The van der Waals surface area contributed by atoms with Crippen molar-refractivity contribution in [2.45, 2.75) is 57.0 Å². The number of aryl methyl sites for hydroxylation is 1. The smallest absolute Gasteiger partial charge is 0.370 e. The number of hydrogen-bond donors (Lipinski definition) is 2. The van der Waals surface area contributed by atoms with Gasteiger partial charge in [-0.05, 0) is 97.1 Å². The number of amides is 1. The third-order valence-corrected chi connectivity index (χ3v) is 7.26. The average molecular weight is 495 g/mol. The van der Waals surface area contributed by atoms with Gasteiger partial charge in [0.25, 0.3) is 0 Å². The zero-order valence-electron chi connectivity index (χ0n) is 20.6. The summed E-state index contributed by atoms with van der Waals surface area (Å²) in [6.07, 6.45) is -0.278. The van der Waals surface area contributed by atoms with Crippen molar-refractivity contribution in [3.63, 3.8) is 0 Å². The van der Waals surface area contributed by atoms with Crippen LogP contribution in [0.3, 0.4) is 0 Å². The second-order valence-corrected chi connectivity index (χ2v) is 9.75. The zero-order valence-corrected chi connectivity index (χ0v) is 20.6. The summed E-state index contributed by atoms with van der Waals surface area (Å²) in [4.78, 5) is 11.4. The van der Waals surface area contributed by atoms with Gasteiger partial charge in [-0.25, -0.2) is 0 Å². The Morgan fingerprint density at radius 2 is 1.53 bits per heavy atom. The SMILES string of the molecule is Cc1ccc(C(CCCC(N)=O)c2ccc(-c3ccc(C(F)(F)F)cc3)cc2)cc1C1CCNCC1. The van der Waals surface area contributed by atoms with Crippen molar-refractivity contribution in [2.24, 2.45) is 5.73 Å². The van der Waals surface area contributed by atoms with E-state index in [1.54, 1.807) is 0 Å². The summed E-state index contributed by atoms with van der Waals surface area (Å²) in [7, 11) is 0. The number of piperidine rings is 1. The molecule has 36 heavy (non-hydrogen) atoms. The zero-order chi connectivity index (χ0) is 25.7. The van der Waals surface area contributed by atoms with Gasteiger partial charge >= 0.3 is 6.18 Å². The van der Waals surface area contributed by atoms with Crippen LogP contribution in [0.15, 0.2) is 66.7 Å². The quantitative estimate of drug-likeness (QED) is 0.357. The lowest BCUT2D eigenvalue weighted by atomic mass is 9.81. The molecule has 1 amide bonds. The Hall–Kier alpha value is -3.12. The molecule has 0 aromatic heterocycles. The van der Waals surface area contributed by atoms with Crippen LogP contribution in [0.25, 0.3) is 11.1 Å². The van der Waals surface area contributed by atoms with Crippen LogP contribution < -0.4 is 11.1 Å². The lowest BCUT2D eigenvalue weighted by Gasteiger charge is -2.26. The Balaban J connectivity index is 1.61. The van der Waals surface area contributed by atoms with Gasteiger partial charge in [0.15, 0.2) is 0 Å². The minimum atomic E-state index is -4.35. The van der Waals surface area contributed by atoms with Crippen molar-refractivity contribution in [3.8, 4) is 11.1 Å². The third-order valence-electron chi connectivity index (χ3n) is 7.26. The van der Waals surface area contributed by atoms with E-state index in [-0.39, 0.29) is 11.8 Å². The number of halogens is 3. The topological polar surface area (TPSA) is 55.1 Å². The van der Waals surface area contributed by atoms with Crippen LogP contribution in [0.4, 0.5) is 13.2 Å². The molecule has 0 bridgehead atoms. The summed E-state index contributed by atoms with van der Waals surface area (Å²) in [6.45, 7) is 4.23. The average Bonchev–Trinajstić information content (AvgIpc) is 2.87. The van der Waals surface area contributed by atoms with E-state index < -0.39 is 11.7 Å². The van der Waals surface area contributed by atoms with Gasteiger partial charge in [-0.3, -0.25) is 4.79 Å². The standard InChI is InChI=1S/C30H33F3N2O/c1-20-5-6-25(19-28(20)24-15-17-35-18-16-24)27(3-2-4-29(34)36)23-9-7-21(8-10-23)22-11-13-26(14-12-22)30(31,32)33/h5-14,19,24,27,35H,2-4,15-18H2,1H3,(H2,34,36). The molecule has 0 spiro atoms. The molecular formula is C30H33F3N2O. The minimum absolute atomic E-state index is 0.104. The van der Waals surface area contributed by atoms with E-state index in [1.807, 2.05) is 24.3 Å². The normalized spacial score (nSPS) is 15.6. The summed E-state index contributed by atoms with van der Waals surface area (Å²) < 4.78 is 38.8. The van der Waals surface area contributed by atoms with Crippen LogP contribution in [-0.4, -0.2) is 19.0 Å². The summed E-state index contributed by atoms with van der Waals surface area (Å²) in [5, 5.41) is 3.44. The van der Waals surface area contributed by atoms with E-state index in [9.17, 15) is 18.0 Å². The summed E-state index contributed by atoms with van der Waals surface area (Å²) in [5.74, 6) is 0.345. The molecule has 1 heterocycles. The van der Waals surface area contributed by atoms with E-state index in [0.717, 1.165) is 61.2 Å². The number of benzene rings is 3. The molecule has 1 atom stereocenters. The maximum absolute atomic E-state index is 12.9. The van der Waals surface area contributed by atoms with Crippen molar-refractivity contribution in [2.75, 3.05) is 13.1 Å². The van der Waals surface area contributed by atoms with Crippen LogP contribution in [0, 0.1) is 6.92 Å². The summed E-state index contributed by atoms with van der Waals surface area (Å²) in [6, 6.07) is 20.0. The van der Waals surface area contributed by atoms with Gasteiger partial charge in [0.1, 0.15) is 0 Å². The number of nitrogens with two attached hydrogens (primary N) is 1. The Morgan fingerprint density at radius 3 is 2.11 bits per heavy atom. The summed E-state index contributed by atoms with van der Waals surface area (Å²) in [5.41, 5.74) is 11.4. The second-order valence-electron chi connectivity index (χ2n) is 9.75. The molecule has 6 heteroatoms. The molecule has 3 N–H and O–H groups in total. The molecule has 1 fully saturated rings. The van der Waals surface area contributed by atoms with E-state index in [1.165, 1.54) is 28.8 Å². The lowest BCUT2D eigenvalue weighted by Crippen LogP contribution is -2.27. The van der Waals surface area contributed by atoms with E-state index >= 15 is 0 Å². The fraction of sp³-hybridized carbons (Fsp3) is 0.367. The van der Waals surface area contributed by atoms with Crippen LogP contribution in [0.1, 0.15) is 71.8 Å². The third kappa shape index (κ3) is 6.35. The van der Waals surface area contributed by atoms with Crippen LogP contribution in [0.2, 0.25) is 0 Å². The first-order valence-corrected chi connectivity index (χ1v) is 12.6. The first-order chi connectivity index (χ1) is 17.2. The van der Waals surface area contributed by atoms with Gasteiger partial charge in [0, 0.05) is 12.3 Å². The largest absolute Gasteiger partial charge is 0.416 e. The van der Waals surface area contributed by atoms with Crippen LogP contribution in [0.5, 0.6) is 0 Å². The molecule has 3 aromatic rings. The first-order valence-electron chi connectivity index (χ1n) is 12.6. The fourth-order valence-electron chi connectivity index (χ4n) is 5.21. The van der Waals surface area contributed by atoms with Crippen LogP contribution >= 0.6 is 0 Å². The van der Waals surface area contributed by atoms with Gasteiger partial charge in [-0.15, -0.1) is 0 Å². The Labute approximate surface area is 210 Å². The molecule has 3 aromatic carbocycles. The number of carbonyl (C=O) groups is 1. The number of rotatable bonds is 8. The number of primary amides is 1. The molecule has 0 saturated carbocycles. The predicted octanol–water partition coefficient (Wildman–Crippen LogP) is 6.94. The van der Waals surface area contributed by atoms with Crippen molar-refractivity contribution in [1.29, 1.82) is 0 Å². The highest BCUT2D eigenvalue weighted by Crippen LogP contribution is 2.36. The van der Waals surface area contributed by atoms with Gasteiger partial charge in [0.2, 0.25) is 5.91 Å². The highest BCUT2D eigenvalue weighted by molar-refractivity contribution is 5.73. The molecular weight excluding hydrogens is 461 g/mol. The monoisotopic (exact) mass is 494 g/mol. The molecule has 1 aliphatic rings. The van der Waals surface area contributed by atoms with Crippen molar-refractivity contribution in [1.82, 2.24) is 5.32 Å². The fourth-order valence-corrected chi connectivity index (χ4v) is 5.21. The highest BCUT2D eigenvalue weighted by atomic mass is 19.4. The van der Waals surface area contributed by atoms with Crippen molar-refractivity contribution < 1.29 is 18.0 Å². The minimum Gasteiger partial charge on any atom is -0.370 e. The Kier molecular flexibility index (Phi) is 8.14. The Morgan fingerprint density at radius 1 is 0.944 bits per heavy atom. The molecule has 1 aliphatic heterocycles. The number of nitrogens with one attached hydrogen (secondary N) is 1. The van der Waals surface area contributed by atoms with Gasteiger partial charge in [-0.2, -0.15) is 13.2 Å². The second kappa shape index (κ2) is 11.3. The molecule has 3 nitrogen and oxygen atoms in total. The van der Waals surface area contributed by atoms with Gasteiger partial charge in [0.05, 0.1) is 5.56 Å². The molecule has 0 radical (unpaired) electrons. The number of hydrogen-bond acceptors (Lipinski definition) is 2. The Bertz CT molecular complexity index is 1160. The van der Waals surface area contributed by atoms with Crippen molar-refractivity contribution in [3.05, 3.63) is 94.5 Å². The van der Waals surface area contributed by atoms with Crippen molar-refractivity contribution >= 4 is 5.91 Å². The van der Waals surface area contributed by atoms with Crippen LogP contribution in [-0.2, 0) is 11.0 Å². The number of alkyl halides is 3. The van der Waals surface area contributed by atoms with E-state index in [4.69, 9.17) is 5.73 Å². The maximum Gasteiger partial charge on any atom is 0.416 e. The van der Waals surface area contributed by atoms with Gasteiger partial charge < -0.3 is 11.1 Å². The highest BCUT2D eigenvalue weighted by Gasteiger charge is 2.30. The summed E-state index contributed by atoms with van der Waals surface area (Å²) >= 11 is 0. The molecule has 0 aliphatic carbocycles. The van der Waals surface area contributed by atoms with Gasteiger partial charge in [-0.1, -0.05) is 54.6 Å². The van der Waals surface area contributed by atoms with E-state index in [2.05, 4.69) is 30.4 Å². The number of carbonyl (C=O) groups excluding carboxylic acids is 1. The molecule has 1 saturated heterocycles. The molecule has 4 rings (SSSR count). The maximum atomic E-state index is 12.9. The molecule has 1 unspecified atom stereocenters. The van der Waals surface area contributed by atoms with E-state index in [0.29, 0.717) is 18.8 Å².